The van der Waals surface area contributed by atoms with Crippen molar-refractivity contribution in [3.8, 4) is 0 Å². The van der Waals surface area contributed by atoms with Crippen molar-refractivity contribution in [1.82, 2.24) is 5.32 Å². The monoisotopic (exact) mass is 473 g/mol. The van der Waals surface area contributed by atoms with Crippen molar-refractivity contribution >= 4 is 41.9 Å². The zero-order chi connectivity index (χ0) is 22.5. The van der Waals surface area contributed by atoms with E-state index in [1.165, 1.54) is 0 Å². The van der Waals surface area contributed by atoms with Crippen molar-refractivity contribution in [2.24, 2.45) is 0 Å². The third kappa shape index (κ3) is 17.9. The van der Waals surface area contributed by atoms with Crippen molar-refractivity contribution < 1.29 is 40.1 Å². The predicted octanol–water partition coefficient (Wildman–Crippen LogP) is 1.40. The maximum absolute atomic E-state index is 11.7. The summed E-state index contributed by atoms with van der Waals surface area (Å²) in [6, 6.07) is 9.11. The van der Waals surface area contributed by atoms with E-state index in [9.17, 15) is 26.4 Å². The van der Waals surface area contributed by atoms with E-state index >= 15 is 0 Å². The Balaban J connectivity index is 0.00000139. The van der Waals surface area contributed by atoms with Crippen molar-refractivity contribution in [3.05, 3.63) is 35.9 Å². The van der Waals surface area contributed by atoms with E-state index in [0.29, 0.717) is 0 Å². The van der Waals surface area contributed by atoms with Gasteiger partial charge >= 0.3 is 12.1 Å². The van der Waals surface area contributed by atoms with Crippen molar-refractivity contribution in [2.75, 3.05) is 25.7 Å². The fraction of sp³-hybridized carbons (Fsp3) is 0.500. The SMILES string of the molecule is CCOC(=O)[C@H](CCNC(=O)OCc1ccccc1)OS(C)(=O)=O.CS(=O)(=O)Cl. The molecule has 1 N–H and O–H groups in total. The number of carbonyl (C=O) groups is 2. The second-order valence-electron chi connectivity index (χ2n) is 5.50. The fourth-order valence-electron chi connectivity index (χ4n) is 1.73. The van der Waals surface area contributed by atoms with E-state index in [1.54, 1.807) is 6.92 Å². The zero-order valence-corrected chi connectivity index (χ0v) is 18.6. The van der Waals surface area contributed by atoms with Gasteiger partial charge in [-0.05, 0) is 12.5 Å². The summed E-state index contributed by atoms with van der Waals surface area (Å²) in [4.78, 5) is 23.2. The Hall–Kier alpha value is -1.89. The number of hydrogen-bond acceptors (Lipinski definition) is 9. The molecule has 166 valence electrons. The summed E-state index contributed by atoms with van der Waals surface area (Å²) >= 11 is 0. The van der Waals surface area contributed by atoms with Gasteiger partial charge in [0.15, 0.2) is 6.10 Å². The third-order valence-corrected chi connectivity index (χ3v) is 3.31. The lowest BCUT2D eigenvalue weighted by Crippen LogP contribution is -2.34. The lowest BCUT2D eigenvalue weighted by atomic mass is 10.2. The van der Waals surface area contributed by atoms with Gasteiger partial charge in [-0.25, -0.2) is 18.0 Å². The second-order valence-corrected chi connectivity index (χ2v) is 10.1. The highest BCUT2D eigenvalue weighted by molar-refractivity contribution is 8.13. The highest BCUT2D eigenvalue weighted by Gasteiger charge is 2.25. The van der Waals surface area contributed by atoms with Gasteiger partial charge in [0.25, 0.3) is 10.1 Å². The van der Waals surface area contributed by atoms with Crippen LogP contribution in [-0.2, 0) is 44.2 Å². The highest BCUT2D eigenvalue weighted by atomic mass is 35.7. The van der Waals surface area contributed by atoms with Gasteiger partial charge in [0.05, 0.1) is 19.1 Å². The number of amides is 1. The van der Waals surface area contributed by atoms with Crippen LogP contribution in [0.15, 0.2) is 30.3 Å². The number of ether oxygens (including phenoxy) is 2. The normalized spacial score (nSPS) is 12.1. The number of halogens is 1. The summed E-state index contributed by atoms with van der Waals surface area (Å²) in [6.45, 7) is 1.78. The quantitative estimate of drug-likeness (QED) is 0.319. The van der Waals surface area contributed by atoms with Gasteiger partial charge in [-0.15, -0.1) is 0 Å². The molecule has 1 aromatic rings. The minimum atomic E-state index is -3.83. The first-order valence-corrected chi connectivity index (χ1v) is 12.7. The van der Waals surface area contributed by atoms with E-state index < -0.39 is 37.3 Å². The molecule has 0 aromatic heterocycles. The maximum atomic E-state index is 11.7. The van der Waals surface area contributed by atoms with Crippen LogP contribution in [0.5, 0.6) is 0 Å². The number of alkyl carbamates (subject to hydrolysis) is 1. The third-order valence-electron chi connectivity index (χ3n) is 2.73. The second kappa shape index (κ2) is 13.4. The van der Waals surface area contributed by atoms with Crippen molar-refractivity contribution in [2.45, 2.75) is 26.1 Å². The van der Waals surface area contributed by atoms with Gasteiger partial charge in [-0.3, -0.25) is 4.18 Å². The highest BCUT2D eigenvalue weighted by Crippen LogP contribution is 2.06. The average Bonchev–Trinajstić information content (AvgIpc) is 2.58. The van der Waals surface area contributed by atoms with Crippen LogP contribution in [0.4, 0.5) is 4.79 Å². The average molecular weight is 474 g/mol. The Morgan fingerprint density at radius 1 is 1.07 bits per heavy atom. The Morgan fingerprint density at radius 2 is 1.62 bits per heavy atom. The number of esters is 1. The molecule has 13 heteroatoms. The van der Waals surface area contributed by atoms with Gasteiger partial charge in [0.2, 0.25) is 9.05 Å². The molecule has 0 saturated heterocycles. The molecule has 1 rings (SSSR count). The van der Waals surface area contributed by atoms with Crippen LogP contribution in [0.2, 0.25) is 0 Å². The molecule has 0 aliphatic carbocycles. The number of carbonyl (C=O) groups excluding carboxylic acids is 2. The molecule has 1 atom stereocenters. The van der Waals surface area contributed by atoms with Gasteiger partial charge in [-0.2, -0.15) is 8.42 Å². The topological polar surface area (TPSA) is 142 Å². The van der Waals surface area contributed by atoms with Crippen LogP contribution in [-0.4, -0.2) is 60.7 Å². The summed E-state index contributed by atoms with van der Waals surface area (Å²) < 4.78 is 55.5. The molecule has 0 saturated carbocycles. The minimum Gasteiger partial charge on any atom is -0.464 e. The van der Waals surface area contributed by atoms with E-state index in [1.807, 2.05) is 30.3 Å². The van der Waals surface area contributed by atoms with Crippen LogP contribution in [0.1, 0.15) is 18.9 Å². The number of hydrogen-bond donors (Lipinski definition) is 1. The zero-order valence-electron chi connectivity index (χ0n) is 16.2. The summed E-state index contributed by atoms with van der Waals surface area (Å²) in [6.07, 6.45) is -0.294. The molecule has 0 radical (unpaired) electrons. The largest absolute Gasteiger partial charge is 0.464 e. The Bertz CT molecular complexity index is 834. The fourth-order valence-corrected chi connectivity index (χ4v) is 2.33. The van der Waals surface area contributed by atoms with E-state index in [2.05, 4.69) is 20.2 Å². The molecular weight excluding hydrogens is 450 g/mol. The first-order chi connectivity index (χ1) is 13.3. The van der Waals surface area contributed by atoms with Gasteiger partial charge in [-0.1, -0.05) is 30.3 Å². The van der Waals surface area contributed by atoms with Crippen LogP contribution in [0.25, 0.3) is 0 Å². The molecule has 0 aliphatic heterocycles. The Morgan fingerprint density at radius 3 is 2.10 bits per heavy atom. The predicted molar refractivity (Wildman–Crippen MR) is 106 cm³/mol. The van der Waals surface area contributed by atoms with Gasteiger partial charge in [0.1, 0.15) is 6.61 Å². The summed E-state index contributed by atoms with van der Waals surface area (Å²) in [7, 11) is -2.52. The molecular formula is C16H24ClNO9S2. The lowest BCUT2D eigenvalue weighted by molar-refractivity contribution is -0.151. The van der Waals surface area contributed by atoms with Gasteiger partial charge < -0.3 is 14.8 Å². The summed E-state index contributed by atoms with van der Waals surface area (Å²) in [5.74, 6) is -0.803. The smallest absolute Gasteiger partial charge is 0.407 e. The van der Waals surface area contributed by atoms with E-state index in [4.69, 9.17) is 9.47 Å². The molecule has 1 aromatic carbocycles. The number of benzene rings is 1. The standard InChI is InChI=1S/C15H21NO7S.CH3ClO2S/c1-3-21-14(17)13(23-24(2,19)20)9-10-16-15(18)22-11-12-7-5-4-6-8-12;1-5(2,3)4/h4-8,13H,3,9-11H2,1-2H3,(H,16,18);1H3/t13-;/m0./s1. The Kier molecular flexibility index (Phi) is 12.5. The van der Waals surface area contributed by atoms with E-state index in [-0.39, 0.29) is 26.2 Å². The summed E-state index contributed by atoms with van der Waals surface area (Å²) in [5, 5.41) is 2.42. The van der Waals surface area contributed by atoms with Crippen LogP contribution >= 0.6 is 10.7 Å². The van der Waals surface area contributed by atoms with Crippen molar-refractivity contribution in [3.63, 3.8) is 0 Å². The number of rotatable bonds is 9. The van der Waals surface area contributed by atoms with Crippen molar-refractivity contribution in [1.29, 1.82) is 0 Å². The van der Waals surface area contributed by atoms with Gasteiger partial charge in [0, 0.05) is 23.6 Å². The van der Waals surface area contributed by atoms with Crippen LogP contribution < -0.4 is 5.32 Å². The first kappa shape index (κ1) is 27.1. The molecule has 0 fully saturated rings. The number of nitrogens with one attached hydrogen (secondary N) is 1. The van der Waals surface area contributed by atoms with Crippen LogP contribution in [0, 0.1) is 0 Å². The molecule has 0 bridgehead atoms. The maximum Gasteiger partial charge on any atom is 0.407 e. The van der Waals surface area contributed by atoms with Crippen LogP contribution in [0.3, 0.4) is 0 Å². The first-order valence-electron chi connectivity index (χ1n) is 8.21. The minimum absolute atomic E-state index is 0.00732. The molecule has 0 aliphatic rings. The lowest BCUT2D eigenvalue weighted by Gasteiger charge is -2.15. The molecule has 1 amide bonds. The Labute approximate surface area is 175 Å². The molecule has 0 unspecified atom stereocenters. The molecule has 10 nitrogen and oxygen atoms in total. The summed E-state index contributed by atoms with van der Waals surface area (Å²) in [5.41, 5.74) is 0.831. The molecule has 29 heavy (non-hydrogen) atoms. The molecule has 0 spiro atoms. The molecule has 0 heterocycles. The van der Waals surface area contributed by atoms with E-state index in [0.717, 1.165) is 18.1 Å².